The molecule has 0 spiro atoms. The molecule has 1 heterocycles. The molecule has 0 radical (unpaired) electrons. The molecule has 1 aromatic rings. The van der Waals surface area contributed by atoms with Crippen LogP contribution < -0.4 is 0 Å². The van der Waals surface area contributed by atoms with Gasteiger partial charge in [0.1, 0.15) is 0 Å². The standard InChI is InChI=1S/C4H4BrFN2/c1-8-4(6)3(5)2-7-8/h2H,1H3. The van der Waals surface area contributed by atoms with Crippen molar-refractivity contribution in [2.24, 2.45) is 7.05 Å². The van der Waals surface area contributed by atoms with E-state index >= 15 is 0 Å². The third kappa shape index (κ3) is 0.753. The first-order chi connectivity index (χ1) is 3.72. The molecule has 0 atom stereocenters. The van der Waals surface area contributed by atoms with Gasteiger partial charge >= 0.3 is 0 Å². The minimum absolute atomic E-state index is 0.343. The highest BCUT2D eigenvalue weighted by Gasteiger charge is 2.00. The van der Waals surface area contributed by atoms with E-state index in [4.69, 9.17) is 0 Å². The number of halogens is 2. The first-order valence-corrected chi connectivity index (χ1v) is 2.84. The maximum atomic E-state index is 12.3. The van der Waals surface area contributed by atoms with Crippen molar-refractivity contribution < 1.29 is 4.39 Å². The van der Waals surface area contributed by atoms with Crippen LogP contribution in [0.15, 0.2) is 10.7 Å². The molecule has 0 saturated heterocycles. The molecule has 0 fully saturated rings. The molecule has 0 aliphatic rings. The van der Waals surface area contributed by atoms with Crippen molar-refractivity contribution in [1.29, 1.82) is 0 Å². The topological polar surface area (TPSA) is 17.8 Å². The highest BCUT2D eigenvalue weighted by molar-refractivity contribution is 9.10. The van der Waals surface area contributed by atoms with Crippen LogP contribution in [0.5, 0.6) is 0 Å². The van der Waals surface area contributed by atoms with E-state index in [2.05, 4.69) is 21.0 Å². The van der Waals surface area contributed by atoms with E-state index in [0.717, 1.165) is 4.68 Å². The normalized spacial score (nSPS) is 9.88. The molecule has 0 aromatic carbocycles. The van der Waals surface area contributed by atoms with Gasteiger partial charge < -0.3 is 0 Å². The van der Waals surface area contributed by atoms with Gasteiger partial charge in [-0.1, -0.05) is 0 Å². The molecule has 8 heavy (non-hydrogen) atoms. The summed E-state index contributed by atoms with van der Waals surface area (Å²) >= 11 is 2.96. The largest absolute Gasteiger partial charge is 0.242 e. The molecule has 0 unspecified atom stereocenters. The van der Waals surface area contributed by atoms with Crippen LogP contribution in [0.3, 0.4) is 0 Å². The number of hydrogen-bond acceptors (Lipinski definition) is 1. The second kappa shape index (κ2) is 1.85. The lowest BCUT2D eigenvalue weighted by Gasteiger charge is -1.85. The maximum absolute atomic E-state index is 12.3. The Kier molecular flexibility index (Phi) is 1.33. The number of aromatic nitrogens is 2. The summed E-state index contributed by atoms with van der Waals surface area (Å²) in [5.74, 6) is -0.343. The Balaban J connectivity index is 3.19. The molecule has 1 aromatic heterocycles. The average Bonchev–Trinajstić information content (AvgIpc) is 1.98. The summed E-state index contributed by atoms with van der Waals surface area (Å²) < 4.78 is 13.9. The van der Waals surface area contributed by atoms with Gasteiger partial charge in [0.25, 0.3) is 0 Å². The maximum Gasteiger partial charge on any atom is 0.225 e. The lowest BCUT2D eigenvalue weighted by Crippen LogP contribution is -1.92. The zero-order valence-electron chi connectivity index (χ0n) is 4.23. The number of rotatable bonds is 0. The molecule has 0 aliphatic carbocycles. The van der Waals surface area contributed by atoms with Crippen LogP contribution in [0.1, 0.15) is 0 Å². The van der Waals surface area contributed by atoms with Gasteiger partial charge in [-0.05, 0) is 15.9 Å². The fourth-order valence-corrected chi connectivity index (χ4v) is 0.744. The number of nitrogens with zero attached hydrogens (tertiary/aromatic N) is 2. The third-order valence-corrected chi connectivity index (χ3v) is 1.36. The molecule has 0 N–H and O–H groups in total. The van der Waals surface area contributed by atoms with Crippen molar-refractivity contribution >= 4 is 15.9 Å². The van der Waals surface area contributed by atoms with Crippen LogP contribution in [0.4, 0.5) is 4.39 Å². The molecule has 2 nitrogen and oxygen atoms in total. The lowest BCUT2D eigenvalue weighted by atomic mass is 10.7. The number of aryl methyl sites for hydroxylation is 1. The van der Waals surface area contributed by atoms with E-state index in [1.165, 1.54) is 6.20 Å². The predicted octanol–water partition coefficient (Wildman–Crippen LogP) is 1.32. The van der Waals surface area contributed by atoms with Crippen molar-refractivity contribution in [3.05, 3.63) is 16.6 Å². The van der Waals surface area contributed by atoms with E-state index in [0.29, 0.717) is 4.47 Å². The zero-order chi connectivity index (χ0) is 6.15. The quantitative estimate of drug-likeness (QED) is 0.587. The smallest absolute Gasteiger partial charge is 0.225 e. The van der Waals surface area contributed by atoms with Crippen molar-refractivity contribution in [1.82, 2.24) is 9.78 Å². The molecule has 1 rings (SSSR count). The second-order valence-electron chi connectivity index (χ2n) is 1.41. The predicted molar refractivity (Wildman–Crippen MR) is 30.9 cm³/mol. The fraction of sp³-hybridized carbons (Fsp3) is 0.250. The van der Waals surface area contributed by atoms with Gasteiger partial charge in [-0.15, -0.1) is 0 Å². The van der Waals surface area contributed by atoms with Crippen molar-refractivity contribution in [2.75, 3.05) is 0 Å². The Labute approximate surface area is 54.4 Å². The van der Waals surface area contributed by atoms with E-state index in [1.807, 2.05) is 0 Å². The molecule has 0 amide bonds. The molecular formula is C4H4BrFN2. The van der Waals surface area contributed by atoms with Gasteiger partial charge in [-0.25, -0.2) is 4.68 Å². The van der Waals surface area contributed by atoms with Crippen LogP contribution in [0, 0.1) is 5.95 Å². The van der Waals surface area contributed by atoms with Crippen LogP contribution >= 0.6 is 15.9 Å². The first kappa shape index (κ1) is 5.75. The Morgan fingerprint density at radius 3 is 2.62 bits per heavy atom. The van der Waals surface area contributed by atoms with Gasteiger partial charge in [-0.2, -0.15) is 9.49 Å². The summed E-state index contributed by atoms with van der Waals surface area (Å²) in [6, 6.07) is 0. The van der Waals surface area contributed by atoms with Gasteiger partial charge in [0.05, 0.1) is 10.7 Å². The average molecular weight is 179 g/mol. The first-order valence-electron chi connectivity index (χ1n) is 2.05. The summed E-state index contributed by atoms with van der Waals surface area (Å²) in [7, 11) is 1.54. The van der Waals surface area contributed by atoms with Crippen LogP contribution in [0.2, 0.25) is 0 Å². The lowest BCUT2D eigenvalue weighted by molar-refractivity contribution is 0.500. The van der Waals surface area contributed by atoms with Crippen molar-refractivity contribution in [2.45, 2.75) is 0 Å². The molecule has 0 saturated carbocycles. The van der Waals surface area contributed by atoms with Gasteiger partial charge in [-0.3, -0.25) is 0 Å². The summed E-state index contributed by atoms with van der Waals surface area (Å²) in [6.45, 7) is 0. The molecule has 0 bridgehead atoms. The van der Waals surface area contributed by atoms with E-state index < -0.39 is 0 Å². The summed E-state index contributed by atoms with van der Waals surface area (Å²) in [5.41, 5.74) is 0. The fourth-order valence-electron chi connectivity index (χ4n) is 0.396. The summed E-state index contributed by atoms with van der Waals surface area (Å²) in [6.07, 6.45) is 1.41. The van der Waals surface area contributed by atoms with Crippen LogP contribution in [-0.4, -0.2) is 9.78 Å². The Hall–Kier alpha value is -0.380. The molecule has 44 valence electrons. The van der Waals surface area contributed by atoms with Crippen molar-refractivity contribution in [3.63, 3.8) is 0 Å². The van der Waals surface area contributed by atoms with E-state index in [-0.39, 0.29) is 5.95 Å². The summed E-state index contributed by atoms with van der Waals surface area (Å²) in [4.78, 5) is 0. The van der Waals surface area contributed by atoms with Crippen LogP contribution in [0.25, 0.3) is 0 Å². The Morgan fingerprint density at radius 2 is 2.50 bits per heavy atom. The van der Waals surface area contributed by atoms with Gasteiger partial charge in [0, 0.05) is 7.05 Å². The zero-order valence-corrected chi connectivity index (χ0v) is 5.81. The minimum Gasteiger partial charge on any atom is -0.242 e. The van der Waals surface area contributed by atoms with Gasteiger partial charge in [0.2, 0.25) is 5.95 Å². The van der Waals surface area contributed by atoms with Crippen molar-refractivity contribution in [3.8, 4) is 0 Å². The highest BCUT2D eigenvalue weighted by atomic mass is 79.9. The van der Waals surface area contributed by atoms with E-state index in [1.54, 1.807) is 7.05 Å². The van der Waals surface area contributed by atoms with Crippen LogP contribution in [-0.2, 0) is 7.05 Å². The molecule has 0 aliphatic heterocycles. The highest BCUT2D eigenvalue weighted by Crippen LogP contribution is 2.11. The monoisotopic (exact) mass is 178 g/mol. The number of hydrogen-bond donors (Lipinski definition) is 0. The Morgan fingerprint density at radius 1 is 1.88 bits per heavy atom. The summed E-state index contributed by atoms with van der Waals surface area (Å²) in [5, 5.41) is 3.61. The van der Waals surface area contributed by atoms with Gasteiger partial charge in [0.15, 0.2) is 0 Å². The third-order valence-electron chi connectivity index (χ3n) is 0.825. The minimum atomic E-state index is -0.343. The molecule has 4 heteroatoms. The SMILES string of the molecule is Cn1ncc(Br)c1F. The second-order valence-corrected chi connectivity index (χ2v) is 2.26. The Bertz CT molecular complexity index is 176. The molecular weight excluding hydrogens is 175 g/mol. The van der Waals surface area contributed by atoms with E-state index in [9.17, 15) is 4.39 Å².